The van der Waals surface area contributed by atoms with Crippen molar-refractivity contribution in [3.63, 3.8) is 0 Å². The van der Waals surface area contributed by atoms with Gasteiger partial charge >= 0.3 is 0 Å². The third-order valence-electron chi connectivity index (χ3n) is 4.33. The SMILES string of the molecule is CC1c2c(F)cnn2CCN1C(=O)c1nc2c(F)cc(F)c(Cl)c2[nH]1. The van der Waals surface area contributed by atoms with Crippen LogP contribution in [0.5, 0.6) is 0 Å². The van der Waals surface area contributed by atoms with Crippen LogP contribution in [0.25, 0.3) is 11.0 Å². The number of aromatic amines is 1. The maximum Gasteiger partial charge on any atom is 0.290 e. The Balaban J connectivity index is 1.75. The van der Waals surface area contributed by atoms with Crippen LogP contribution in [-0.2, 0) is 6.54 Å². The van der Waals surface area contributed by atoms with Crippen molar-refractivity contribution in [3.8, 4) is 0 Å². The molecule has 3 aromatic rings. The van der Waals surface area contributed by atoms with Gasteiger partial charge in [0.25, 0.3) is 5.91 Å². The number of H-pyrrole nitrogens is 1. The lowest BCUT2D eigenvalue weighted by Crippen LogP contribution is -2.41. The van der Waals surface area contributed by atoms with E-state index in [-0.39, 0.29) is 34.1 Å². The van der Waals surface area contributed by atoms with Gasteiger partial charge in [0.05, 0.1) is 30.0 Å². The van der Waals surface area contributed by atoms with E-state index in [0.29, 0.717) is 12.6 Å². The highest BCUT2D eigenvalue weighted by molar-refractivity contribution is 6.35. The van der Waals surface area contributed by atoms with Crippen LogP contribution in [0.15, 0.2) is 12.3 Å². The number of carbonyl (C=O) groups excluding carboxylic acids is 1. The van der Waals surface area contributed by atoms with Crippen molar-refractivity contribution in [1.82, 2.24) is 24.6 Å². The molecule has 1 atom stereocenters. The maximum absolute atomic E-state index is 13.9. The summed E-state index contributed by atoms with van der Waals surface area (Å²) in [5, 5.41) is 3.56. The minimum Gasteiger partial charge on any atom is -0.332 e. The predicted octanol–water partition coefficient (Wildman–Crippen LogP) is 3.05. The van der Waals surface area contributed by atoms with Gasteiger partial charge in [-0.25, -0.2) is 18.2 Å². The summed E-state index contributed by atoms with van der Waals surface area (Å²) in [4.78, 5) is 20.6. The number of hydrogen-bond acceptors (Lipinski definition) is 3. The number of rotatable bonds is 1. The zero-order valence-corrected chi connectivity index (χ0v) is 13.6. The minimum atomic E-state index is -0.952. The molecule has 1 aromatic carbocycles. The van der Waals surface area contributed by atoms with E-state index < -0.39 is 29.4 Å². The van der Waals surface area contributed by atoms with E-state index in [1.54, 1.807) is 6.92 Å². The average Bonchev–Trinajstić information content (AvgIpc) is 3.18. The number of nitrogens with zero attached hydrogens (tertiary/aromatic N) is 4. The summed E-state index contributed by atoms with van der Waals surface area (Å²) in [6.45, 7) is 2.25. The van der Waals surface area contributed by atoms with Gasteiger partial charge in [0.15, 0.2) is 17.5 Å². The predicted molar refractivity (Wildman–Crippen MR) is 82.7 cm³/mol. The summed E-state index contributed by atoms with van der Waals surface area (Å²) >= 11 is 5.80. The first-order valence-corrected chi connectivity index (χ1v) is 7.81. The van der Waals surface area contributed by atoms with Gasteiger partial charge < -0.3 is 9.88 Å². The zero-order chi connectivity index (χ0) is 17.9. The zero-order valence-electron chi connectivity index (χ0n) is 12.9. The summed E-state index contributed by atoms with van der Waals surface area (Å²) in [7, 11) is 0. The number of amides is 1. The van der Waals surface area contributed by atoms with Gasteiger partial charge in [-0.1, -0.05) is 11.6 Å². The molecule has 1 N–H and O–H groups in total. The van der Waals surface area contributed by atoms with Crippen LogP contribution in [0.2, 0.25) is 5.02 Å². The monoisotopic (exact) mass is 369 g/mol. The fourth-order valence-electron chi connectivity index (χ4n) is 3.09. The molecule has 130 valence electrons. The molecule has 1 amide bonds. The molecule has 0 spiro atoms. The van der Waals surface area contributed by atoms with Crippen LogP contribution in [0.1, 0.15) is 29.3 Å². The number of imidazole rings is 1. The van der Waals surface area contributed by atoms with E-state index in [0.717, 1.165) is 6.20 Å². The van der Waals surface area contributed by atoms with Gasteiger partial charge in [0, 0.05) is 12.6 Å². The normalized spacial score (nSPS) is 17.2. The summed E-state index contributed by atoms with van der Waals surface area (Å²) < 4.78 is 42.8. The van der Waals surface area contributed by atoms with Crippen molar-refractivity contribution in [2.24, 2.45) is 0 Å². The third kappa shape index (κ3) is 2.30. The molecule has 1 aliphatic rings. The van der Waals surface area contributed by atoms with E-state index in [1.807, 2.05) is 0 Å². The topological polar surface area (TPSA) is 66.8 Å². The standard InChI is InChI=1S/C15H11ClF3N5O/c1-6-13-9(19)5-20-24(13)3-2-23(6)15(25)14-21-11-8(18)4-7(17)10(16)12(11)22-14/h4-6H,2-3H2,1H3,(H,21,22). The van der Waals surface area contributed by atoms with E-state index in [9.17, 15) is 18.0 Å². The van der Waals surface area contributed by atoms with E-state index in [2.05, 4.69) is 15.1 Å². The molecule has 1 aliphatic heterocycles. The summed E-state index contributed by atoms with van der Waals surface area (Å²) in [6.07, 6.45) is 1.10. The number of fused-ring (bicyclic) bond motifs is 2. The summed E-state index contributed by atoms with van der Waals surface area (Å²) in [5.74, 6) is -3.14. The Morgan fingerprint density at radius 3 is 2.80 bits per heavy atom. The fourth-order valence-corrected chi connectivity index (χ4v) is 3.28. The molecule has 1 unspecified atom stereocenters. The van der Waals surface area contributed by atoms with Crippen molar-refractivity contribution in [2.45, 2.75) is 19.5 Å². The number of hydrogen-bond donors (Lipinski definition) is 1. The maximum atomic E-state index is 13.9. The van der Waals surface area contributed by atoms with E-state index >= 15 is 0 Å². The molecule has 2 aromatic heterocycles. The van der Waals surface area contributed by atoms with Crippen LogP contribution in [-0.4, -0.2) is 37.1 Å². The largest absolute Gasteiger partial charge is 0.332 e. The number of carbonyl (C=O) groups is 1. The molecule has 25 heavy (non-hydrogen) atoms. The molecule has 0 saturated heterocycles. The lowest BCUT2D eigenvalue weighted by atomic mass is 10.1. The Bertz CT molecular complexity index is 1010. The van der Waals surface area contributed by atoms with Crippen LogP contribution in [0.3, 0.4) is 0 Å². The molecule has 4 rings (SSSR count). The Hall–Kier alpha value is -2.55. The molecule has 0 saturated carbocycles. The minimum absolute atomic E-state index is 0.0941. The molecule has 0 aliphatic carbocycles. The quantitative estimate of drug-likeness (QED) is 0.670. The fraction of sp³-hybridized carbons (Fsp3) is 0.267. The molecule has 0 fully saturated rings. The van der Waals surface area contributed by atoms with Crippen molar-refractivity contribution >= 4 is 28.5 Å². The molecule has 10 heteroatoms. The van der Waals surface area contributed by atoms with Gasteiger partial charge in [0.1, 0.15) is 16.4 Å². The van der Waals surface area contributed by atoms with Crippen LogP contribution in [0, 0.1) is 17.5 Å². The Morgan fingerprint density at radius 2 is 2.04 bits per heavy atom. The smallest absolute Gasteiger partial charge is 0.290 e. The molecule has 6 nitrogen and oxygen atoms in total. The van der Waals surface area contributed by atoms with Crippen molar-refractivity contribution in [1.29, 1.82) is 0 Å². The number of aromatic nitrogens is 4. The van der Waals surface area contributed by atoms with Crippen LogP contribution < -0.4 is 0 Å². The van der Waals surface area contributed by atoms with Gasteiger partial charge in [-0.3, -0.25) is 9.48 Å². The van der Waals surface area contributed by atoms with Crippen molar-refractivity contribution in [3.05, 3.63) is 46.3 Å². The first kappa shape index (κ1) is 15.9. The highest BCUT2D eigenvalue weighted by atomic mass is 35.5. The average molecular weight is 370 g/mol. The number of halogens is 4. The van der Waals surface area contributed by atoms with Crippen molar-refractivity contribution < 1.29 is 18.0 Å². The molecule has 0 radical (unpaired) electrons. The van der Waals surface area contributed by atoms with Crippen LogP contribution in [0.4, 0.5) is 13.2 Å². The lowest BCUT2D eigenvalue weighted by Gasteiger charge is -2.33. The second-order valence-electron chi connectivity index (χ2n) is 5.74. The second kappa shape index (κ2) is 5.48. The summed E-state index contributed by atoms with van der Waals surface area (Å²) in [5.41, 5.74) is -0.0370. The van der Waals surface area contributed by atoms with E-state index in [4.69, 9.17) is 11.6 Å². The molecule has 0 bridgehead atoms. The Kier molecular flexibility index (Phi) is 3.50. The first-order chi connectivity index (χ1) is 11.9. The van der Waals surface area contributed by atoms with Gasteiger partial charge in [-0.05, 0) is 6.92 Å². The molecular weight excluding hydrogens is 359 g/mol. The van der Waals surface area contributed by atoms with Crippen molar-refractivity contribution in [2.75, 3.05) is 6.54 Å². The Morgan fingerprint density at radius 1 is 1.28 bits per heavy atom. The lowest BCUT2D eigenvalue weighted by molar-refractivity contribution is 0.0621. The van der Waals surface area contributed by atoms with Gasteiger partial charge in [-0.2, -0.15) is 5.10 Å². The summed E-state index contributed by atoms with van der Waals surface area (Å²) in [6, 6.07) is 0.0195. The number of benzene rings is 1. The second-order valence-corrected chi connectivity index (χ2v) is 6.12. The van der Waals surface area contributed by atoms with E-state index in [1.165, 1.54) is 9.58 Å². The Labute approximate surface area is 144 Å². The molecular formula is C15H11ClF3N5O. The first-order valence-electron chi connectivity index (χ1n) is 7.44. The van der Waals surface area contributed by atoms with Gasteiger partial charge in [-0.15, -0.1) is 0 Å². The third-order valence-corrected chi connectivity index (χ3v) is 4.69. The highest BCUT2D eigenvalue weighted by Gasteiger charge is 2.33. The highest BCUT2D eigenvalue weighted by Crippen LogP contribution is 2.30. The van der Waals surface area contributed by atoms with Crippen LogP contribution >= 0.6 is 11.6 Å². The number of nitrogens with one attached hydrogen (secondary N) is 1. The van der Waals surface area contributed by atoms with Gasteiger partial charge in [0.2, 0.25) is 0 Å². The molecule has 3 heterocycles.